The molecule has 110 valence electrons. The predicted molar refractivity (Wildman–Crippen MR) is 72.5 cm³/mol. The maximum absolute atomic E-state index is 13.8. The minimum absolute atomic E-state index is 0.0653. The Balaban J connectivity index is 2.43. The van der Waals surface area contributed by atoms with Crippen molar-refractivity contribution in [3.05, 3.63) is 28.5 Å². The molecule has 8 heteroatoms. The van der Waals surface area contributed by atoms with Gasteiger partial charge in [0.15, 0.2) is 0 Å². The van der Waals surface area contributed by atoms with Crippen LogP contribution in [0.25, 0.3) is 0 Å². The molecule has 0 aromatic heterocycles. The molecule has 1 aliphatic rings. The zero-order valence-corrected chi connectivity index (χ0v) is 12.3. The van der Waals surface area contributed by atoms with Gasteiger partial charge in [-0.2, -0.15) is 0 Å². The molecule has 0 radical (unpaired) electrons. The molecule has 0 saturated heterocycles. The highest BCUT2D eigenvalue weighted by atomic mass is 35.5. The Hall–Kier alpha value is -1.18. The fourth-order valence-corrected chi connectivity index (χ4v) is 3.13. The van der Waals surface area contributed by atoms with Crippen LogP contribution < -0.4 is 5.14 Å². The molecule has 20 heavy (non-hydrogen) atoms. The number of rotatable bonds is 3. The summed E-state index contributed by atoms with van der Waals surface area (Å²) in [7, 11) is -2.55. The number of hydrogen-bond donors (Lipinski definition) is 1. The topological polar surface area (TPSA) is 80.5 Å². The Morgan fingerprint density at radius 2 is 2.05 bits per heavy atom. The van der Waals surface area contributed by atoms with E-state index in [1.807, 2.05) is 0 Å². The highest BCUT2D eigenvalue weighted by Crippen LogP contribution is 2.28. The van der Waals surface area contributed by atoms with Gasteiger partial charge >= 0.3 is 0 Å². The third-order valence-electron chi connectivity index (χ3n) is 3.50. The maximum atomic E-state index is 13.8. The molecule has 0 atom stereocenters. The van der Waals surface area contributed by atoms with Gasteiger partial charge in [0.2, 0.25) is 10.0 Å². The average Bonchev–Trinajstić information content (AvgIpc) is 2.23. The Kier molecular flexibility index (Phi) is 4.04. The average molecular weight is 321 g/mol. The van der Waals surface area contributed by atoms with Crippen molar-refractivity contribution in [2.24, 2.45) is 5.14 Å². The van der Waals surface area contributed by atoms with Crippen LogP contribution in [0.15, 0.2) is 17.0 Å². The zero-order chi connectivity index (χ0) is 15.1. The van der Waals surface area contributed by atoms with E-state index >= 15 is 0 Å². The van der Waals surface area contributed by atoms with Crippen molar-refractivity contribution in [3.63, 3.8) is 0 Å². The van der Waals surface area contributed by atoms with Gasteiger partial charge in [0.05, 0.1) is 10.6 Å². The predicted octanol–water partition coefficient (Wildman–Crippen LogP) is 1.75. The van der Waals surface area contributed by atoms with Crippen molar-refractivity contribution >= 4 is 27.5 Å². The lowest BCUT2D eigenvalue weighted by Gasteiger charge is -2.34. The van der Waals surface area contributed by atoms with Crippen LogP contribution in [0.2, 0.25) is 5.02 Å². The van der Waals surface area contributed by atoms with E-state index in [4.69, 9.17) is 16.7 Å². The highest BCUT2D eigenvalue weighted by Gasteiger charge is 2.29. The minimum atomic E-state index is -4.11. The quantitative estimate of drug-likeness (QED) is 0.921. The van der Waals surface area contributed by atoms with Gasteiger partial charge in [0.25, 0.3) is 5.91 Å². The number of hydrogen-bond acceptors (Lipinski definition) is 3. The summed E-state index contributed by atoms with van der Waals surface area (Å²) in [6.45, 7) is 0. The van der Waals surface area contributed by atoms with Crippen LogP contribution in [0.3, 0.4) is 0 Å². The van der Waals surface area contributed by atoms with Gasteiger partial charge in [-0.15, -0.1) is 0 Å². The van der Waals surface area contributed by atoms with Crippen LogP contribution in [0.1, 0.15) is 29.6 Å². The van der Waals surface area contributed by atoms with Crippen LogP contribution in [0, 0.1) is 5.82 Å². The van der Waals surface area contributed by atoms with Crippen molar-refractivity contribution in [1.29, 1.82) is 0 Å². The van der Waals surface area contributed by atoms with Crippen LogP contribution in [-0.2, 0) is 10.0 Å². The molecular weight excluding hydrogens is 307 g/mol. The second-order valence-corrected chi connectivity index (χ2v) is 6.75. The van der Waals surface area contributed by atoms with E-state index in [1.165, 1.54) is 4.90 Å². The molecule has 0 spiro atoms. The summed E-state index contributed by atoms with van der Waals surface area (Å²) in [4.78, 5) is 13.2. The Labute approximate surface area is 121 Å². The first-order chi connectivity index (χ1) is 9.21. The van der Waals surface area contributed by atoms with Gasteiger partial charge in [-0.1, -0.05) is 11.6 Å². The summed E-state index contributed by atoms with van der Waals surface area (Å²) in [5.74, 6) is -1.44. The number of nitrogens with zero attached hydrogens (tertiary/aromatic N) is 1. The summed E-state index contributed by atoms with van der Waals surface area (Å²) in [6, 6.07) is 1.75. The number of halogens is 2. The lowest BCUT2D eigenvalue weighted by molar-refractivity contribution is 0.0647. The third kappa shape index (κ3) is 2.79. The molecule has 1 fully saturated rings. The minimum Gasteiger partial charge on any atom is -0.339 e. The number of sulfonamides is 1. The van der Waals surface area contributed by atoms with Crippen LogP contribution in [-0.4, -0.2) is 32.3 Å². The molecule has 0 bridgehead atoms. The Bertz CT molecular complexity index is 659. The zero-order valence-electron chi connectivity index (χ0n) is 10.8. The van der Waals surface area contributed by atoms with E-state index in [-0.39, 0.29) is 16.6 Å². The van der Waals surface area contributed by atoms with Crippen LogP contribution in [0.5, 0.6) is 0 Å². The normalized spacial score (nSPS) is 15.8. The van der Waals surface area contributed by atoms with Crippen molar-refractivity contribution in [1.82, 2.24) is 4.90 Å². The fraction of sp³-hybridized carbons (Fsp3) is 0.417. The number of carbonyl (C=O) groups excluding carboxylic acids is 1. The molecule has 0 unspecified atom stereocenters. The number of benzene rings is 1. The summed E-state index contributed by atoms with van der Waals surface area (Å²) < 4.78 is 36.6. The van der Waals surface area contributed by atoms with E-state index in [0.717, 1.165) is 31.4 Å². The lowest BCUT2D eigenvalue weighted by atomic mass is 9.91. The van der Waals surface area contributed by atoms with Gasteiger partial charge < -0.3 is 4.90 Å². The molecule has 1 aromatic carbocycles. The van der Waals surface area contributed by atoms with E-state index in [1.54, 1.807) is 7.05 Å². The molecule has 5 nitrogen and oxygen atoms in total. The third-order valence-corrected chi connectivity index (χ3v) is 4.88. The van der Waals surface area contributed by atoms with E-state index in [0.29, 0.717) is 0 Å². The standard InChI is InChI=1S/C12H14ClFN2O3S/c1-16(7-3-2-4-7)12(17)8-5-11(20(15,18)19)9(13)6-10(8)14/h5-7H,2-4H2,1H3,(H2,15,18,19). The van der Waals surface area contributed by atoms with Crippen molar-refractivity contribution in [2.75, 3.05) is 7.05 Å². The van der Waals surface area contributed by atoms with Gasteiger partial charge in [-0.25, -0.2) is 17.9 Å². The van der Waals surface area contributed by atoms with Crippen molar-refractivity contribution in [2.45, 2.75) is 30.2 Å². The molecule has 2 N–H and O–H groups in total. The Morgan fingerprint density at radius 1 is 1.45 bits per heavy atom. The SMILES string of the molecule is CN(C(=O)c1cc(S(N)(=O)=O)c(Cl)cc1F)C1CCC1. The Morgan fingerprint density at radius 3 is 2.50 bits per heavy atom. The number of amides is 1. The van der Waals surface area contributed by atoms with Gasteiger partial charge in [-0.3, -0.25) is 4.79 Å². The highest BCUT2D eigenvalue weighted by molar-refractivity contribution is 7.89. The van der Waals surface area contributed by atoms with E-state index in [9.17, 15) is 17.6 Å². The smallest absolute Gasteiger partial charge is 0.256 e. The molecule has 0 heterocycles. The summed E-state index contributed by atoms with van der Waals surface area (Å²) in [5.41, 5.74) is -0.340. The molecule has 1 aliphatic carbocycles. The van der Waals surface area contributed by atoms with E-state index < -0.39 is 26.6 Å². The van der Waals surface area contributed by atoms with E-state index in [2.05, 4.69) is 0 Å². The summed E-state index contributed by atoms with van der Waals surface area (Å²) in [5, 5.41) is 4.65. The summed E-state index contributed by atoms with van der Waals surface area (Å²) in [6.07, 6.45) is 2.74. The van der Waals surface area contributed by atoms with Crippen LogP contribution >= 0.6 is 11.6 Å². The van der Waals surface area contributed by atoms with Gasteiger partial charge in [0, 0.05) is 13.1 Å². The second kappa shape index (κ2) is 5.31. The van der Waals surface area contributed by atoms with Crippen molar-refractivity contribution in [3.8, 4) is 0 Å². The molecule has 2 rings (SSSR count). The van der Waals surface area contributed by atoms with Gasteiger partial charge in [0.1, 0.15) is 10.7 Å². The second-order valence-electron chi connectivity index (χ2n) is 4.81. The van der Waals surface area contributed by atoms with Crippen LogP contribution in [0.4, 0.5) is 4.39 Å². The number of nitrogens with two attached hydrogens (primary N) is 1. The molecule has 0 aliphatic heterocycles. The lowest BCUT2D eigenvalue weighted by Crippen LogP contribution is -2.41. The molecule has 1 aromatic rings. The number of primary sulfonamides is 1. The molecule has 1 saturated carbocycles. The monoisotopic (exact) mass is 320 g/mol. The largest absolute Gasteiger partial charge is 0.339 e. The number of carbonyl (C=O) groups is 1. The first-order valence-corrected chi connectivity index (χ1v) is 7.93. The first-order valence-electron chi connectivity index (χ1n) is 6.01. The molecular formula is C12H14ClFN2O3S. The van der Waals surface area contributed by atoms with Gasteiger partial charge in [-0.05, 0) is 31.4 Å². The maximum Gasteiger partial charge on any atom is 0.256 e. The fourth-order valence-electron chi connectivity index (χ4n) is 2.04. The summed E-state index contributed by atoms with van der Waals surface area (Å²) >= 11 is 5.65. The van der Waals surface area contributed by atoms with Crippen molar-refractivity contribution < 1.29 is 17.6 Å². The molecule has 1 amide bonds. The first kappa shape index (κ1) is 15.2.